The van der Waals surface area contributed by atoms with Crippen LogP contribution in [0.2, 0.25) is 0 Å². The topological polar surface area (TPSA) is 151 Å². The van der Waals surface area contributed by atoms with Crippen LogP contribution in [0.15, 0.2) is 76.7 Å². The molecule has 0 radical (unpaired) electrons. The summed E-state index contributed by atoms with van der Waals surface area (Å²) in [4.78, 5) is 59.9. The predicted octanol–water partition coefficient (Wildman–Crippen LogP) is 6.78. The number of esters is 1. The predicted molar refractivity (Wildman–Crippen MR) is 202 cm³/mol. The lowest BCUT2D eigenvalue weighted by Crippen LogP contribution is -2.48. The molecular weight excluding hydrogens is 808 g/mol. The minimum absolute atomic E-state index is 0.192. The maximum absolute atomic E-state index is 14.5. The van der Waals surface area contributed by atoms with Crippen LogP contribution in [0.5, 0.6) is 11.6 Å². The van der Waals surface area contributed by atoms with Gasteiger partial charge >= 0.3 is 5.97 Å². The number of nitrogens with one attached hydrogen (secondary N) is 2. The van der Waals surface area contributed by atoms with Gasteiger partial charge in [0, 0.05) is 28.5 Å². The van der Waals surface area contributed by atoms with Gasteiger partial charge in [0.05, 0.1) is 58.7 Å². The molecule has 1 saturated carbocycles. The van der Waals surface area contributed by atoms with Crippen molar-refractivity contribution >= 4 is 71.7 Å². The third-order valence-electron chi connectivity index (χ3n) is 10.5. The maximum Gasteiger partial charge on any atom is 0.345 e. The van der Waals surface area contributed by atoms with E-state index in [1.807, 2.05) is 18.2 Å². The van der Waals surface area contributed by atoms with E-state index in [9.17, 15) is 14.4 Å². The van der Waals surface area contributed by atoms with Gasteiger partial charge in [-0.25, -0.2) is 19.4 Å². The number of nitrogens with zero attached hydrogens (tertiary/aromatic N) is 6. The minimum atomic E-state index is -0.600. The highest BCUT2D eigenvalue weighted by Crippen LogP contribution is 2.44. The van der Waals surface area contributed by atoms with Gasteiger partial charge in [-0.05, 0) is 98.7 Å². The second-order valence-electron chi connectivity index (χ2n) is 13.4. The molecule has 13 nitrogen and oxygen atoms in total. The molecule has 0 saturated heterocycles. The third-order valence-corrected chi connectivity index (χ3v) is 11.8. The number of benzene rings is 3. The molecule has 0 bridgehead atoms. The Balaban J connectivity index is 1.15. The summed E-state index contributed by atoms with van der Waals surface area (Å²) < 4.78 is 15.9. The van der Waals surface area contributed by atoms with E-state index in [2.05, 4.69) is 64.4 Å². The molecule has 3 aromatic heterocycles. The van der Waals surface area contributed by atoms with Crippen molar-refractivity contribution in [3.05, 3.63) is 105 Å². The van der Waals surface area contributed by atoms with E-state index in [0.29, 0.717) is 75.0 Å². The van der Waals surface area contributed by atoms with Gasteiger partial charge in [-0.3, -0.25) is 9.59 Å². The number of imidazole rings is 2. The van der Waals surface area contributed by atoms with E-state index in [0.717, 1.165) is 39.5 Å². The van der Waals surface area contributed by atoms with Crippen LogP contribution in [0.25, 0.3) is 27.8 Å². The van der Waals surface area contributed by atoms with Gasteiger partial charge < -0.3 is 29.2 Å². The average molecular weight is 841 g/mol. The molecule has 53 heavy (non-hydrogen) atoms. The molecule has 2 amide bonds. The monoisotopic (exact) mass is 838 g/mol. The first-order valence-corrected chi connectivity index (χ1v) is 19.0. The summed E-state index contributed by atoms with van der Waals surface area (Å²) in [6.45, 7) is 4.72. The van der Waals surface area contributed by atoms with Gasteiger partial charge in [0.25, 0.3) is 5.91 Å². The molecule has 3 aliphatic rings. The second kappa shape index (κ2) is 13.3. The molecule has 2 aliphatic heterocycles. The first-order valence-electron chi connectivity index (χ1n) is 17.4. The molecule has 2 N–H and O–H groups in total. The number of H-pyrrole nitrogens is 2. The highest BCUT2D eigenvalue weighted by atomic mass is 79.9. The van der Waals surface area contributed by atoms with Crippen LogP contribution in [-0.4, -0.2) is 83.5 Å². The Morgan fingerprint density at radius 2 is 1.66 bits per heavy atom. The number of amides is 2. The molecule has 1 aliphatic carbocycles. The van der Waals surface area contributed by atoms with Gasteiger partial charge in [0.15, 0.2) is 5.75 Å². The van der Waals surface area contributed by atoms with E-state index in [1.54, 1.807) is 45.3 Å². The number of hydrogen-bond acceptors (Lipinski definition) is 8. The quantitative estimate of drug-likeness (QED) is 0.106. The Labute approximate surface area is 319 Å². The van der Waals surface area contributed by atoms with E-state index >= 15 is 0 Å². The molecule has 268 valence electrons. The summed E-state index contributed by atoms with van der Waals surface area (Å²) in [5.74, 6) is 0.0857. The number of aromatic nitrogens is 6. The number of rotatable bonds is 6. The Morgan fingerprint density at radius 3 is 2.36 bits per heavy atom. The molecule has 6 aromatic rings. The van der Waals surface area contributed by atoms with Crippen molar-refractivity contribution in [2.75, 3.05) is 26.2 Å². The van der Waals surface area contributed by atoms with Crippen LogP contribution >= 0.6 is 31.9 Å². The number of carbonyl (C=O) groups excluding carboxylic acids is 3. The van der Waals surface area contributed by atoms with Gasteiger partial charge in [-0.15, -0.1) is 5.10 Å². The van der Waals surface area contributed by atoms with Crippen LogP contribution in [0.3, 0.4) is 0 Å². The molecule has 15 heteroatoms. The molecule has 0 spiro atoms. The van der Waals surface area contributed by atoms with E-state index in [-0.39, 0.29) is 31.5 Å². The number of fused-ring (bicyclic) bond motifs is 2. The lowest BCUT2D eigenvalue weighted by molar-refractivity contribution is -0.127. The molecule has 1 fully saturated rings. The summed E-state index contributed by atoms with van der Waals surface area (Å²) >= 11 is 7.05. The normalized spacial score (nSPS) is 17.1. The third kappa shape index (κ3) is 5.64. The molecule has 1 atom stereocenters. The van der Waals surface area contributed by atoms with Crippen LogP contribution in [0.1, 0.15) is 68.8 Å². The van der Waals surface area contributed by atoms with Crippen molar-refractivity contribution in [1.29, 1.82) is 0 Å². The van der Waals surface area contributed by atoms with Crippen LogP contribution < -0.4 is 9.47 Å². The van der Waals surface area contributed by atoms with Gasteiger partial charge in [0.1, 0.15) is 23.3 Å². The first kappa shape index (κ1) is 33.5. The number of ether oxygens (including phenoxy) is 2. The Morgan fingerprint density at radius 1 is 0.943 bits per heavy atom. The van der Waals surface area contributed by atoms with Crippen molar-refractivity contribution in [3.63, 3.8) is 0 Å². The molecule has 0 unspecified atom stereocenters. The maximum atomic E-state index is 14.5. The average Bonchev–Trinajstić information content (AvgIpc) is 3.90. The Kier molecular flexibility index (Phi) is 8.41. The van der Waals surface area contributed by atoms with Crippen LogP contribution in [0, 0.1) is 0 Å². The lowest BCUT2D eigenvalue weighted by atomic mass is 9.80. The number of hydrogen-bond donors (Lipinski definition) is 2. The second-order valence-corrected chi connectivity index (χ2v) is 15.1. The fourth-order valence-corrected chi connectivity index (χ4v) is 8.48. The largest absolute Gasteiger partial charge is 0.474 e. The van der Waals surface area contributed by atoms with Crippen molar-refractivity contribution in [2.24, 2.45) is 0 Å². The van der Waals surface area contributed by atoms with Crippen LogP contribution in [-0.2, 0) is 11.2 Å². The number of halogens is 2. The Bertz CT molecular complexity index is 2480. The van der Waals surface area contributed by atoms with Gasteiger partial charge in [0.2, 0.25) is 11.8 Å². The zero-order chi connectivity index (χ0) is 36.4. The standard InChI is InChI=1S/C38H32Br2N8O5/c1-2-30(49)46-14-15-52-36-31-27(12-13-47(28(31)17-46)37(50)22-7-9-24(39)34-32(22)41-18-43-34)48(45-36)26-11-6-21(20-4-3-5-20)16-29(26)53-38(51)23-8-10-25(40)35-33(23)42-19-44-35/h2,6-11,16,18-20,28H,1,3-5,12-15,17H2,(H,41,43)(H,42,44)/t28-/m0/s1. The SMILES string of the molecule is C=CC(=O)N1CCOc2nn(-c3ccc(C4CCC4)cc3OC(=O)c3ccc(Br)c4nc[nH]c34)c3c2[C@H](C1)N(C(=O)c1ccc(Br)c2nc[nH]c12)CC3. The molecule has 5 heterocycles. The van der Waals surface area contributed by atoms with E-state index in [4.69, 9.17) is 14.6 Å². The smallest absolute Gasteiger partial charge is 0.345 e. The van der Waals surface area contributed by atoms with Gasteiger partial charge in [-0.2, -0.15) is 0 Å². The molecular formula is C38H32Br2N8O5. The zero-order valence-electron chi connectivity index (χ0n) is 28.3. The summed E-state index contributed by atoms with van der Waals surface area (Å²) in [5, 5.41) is 4.99. The highest BCUT2D eigenvalue weighted by molar-refractivity contribution is 9.11. The minimum Gasteiger partial charge on any atom is -0.474 e. The molecule has 9 rings (SSSR count). The summed E-state index contributed by atoms with van der Waals surface area (Å²) in [6, 6.07) is 12.4. The van der Waals surface area contributed by atoms with Crippen molar-refractivity contribution in [2.45, 2.75) is 37.6 Å². The number of aromatic amines is 2. The van der Waals surface area contributed by atoms with Crippen LogP contribution in [0.4, 0.5) is 0 Å². The number of carbonyl (C=O) groups is 3. The Hall–Kier alpha value is -5.28. The summed E-state index contributed by atoms with van der Waals surface area (Å²) in [7, 11) is 0. The zero-order valence-corrected chi connectivity index (χ0v) is 31.4. The summed E-state index contributed by atoms with van der Waals surface area (Å²) in [6.07, 6.45) is 8.09. The first-order chi connectivity index (χ1) is 25.8. The lowest BCUT2D eigenvalue weighted by Gasteiger charge is -2.40. The van der Waals surface area contributed by atoms with Crippen molar-refractivity contribution < 1.29 is 23.9 Å². The molecule has 3 aromatic carbocycles. The fourth-order valence-electron chi connectivity index (χ4n) is 7.62. The van der Waals surface area contributed by atoms with E-state index in [1.165, 1.54) is 6.08 Å². The summed E-state index contributed by atoms with van der Waals surface area (Å²) in [5.41, 5.74) is 6.43. The van der Waals surface area contributed by atoms with Crippen molar-refractivity contribution in [3.8, 4) is 17.3 Å². The highest BCUT2D eigenvalue weighted by Gasteiger charge is 2.41. The van der Waals surface area contributed by atoms with Gasteiger partial charge in [-0.1, -0.05) is 19.1 Å². The van der Waals surface area contributed by atoms with Crippen molar-refractivity contribution in [1.82, 2.24) is 39.5 Å². The fraction of sp³-hybridized carbons (Fsp3) is 0.263. The van der Waals surface area contributed by atoms with E-state index < -0.39 is 12.0 Å².